The predicted octanol–water partition coefficient (Wildman–Crippen LogP) is 6.80. The second kappa shape index (κ2) is 6.52. The van der Waals surface area contributed by atoms with Crippen molar-refractivity contribution in [3.63, 3.8) is 0 Å². The Labute approximate surface area is 201 Å². The maximum Gasteiger partial charge on any atom is 0.0784 e. The van der Waals surface area contributed by atoms with Crippen LogP contribution in [0.4, 0.5) is 0 Å². The maximum absolute atomic E-state index is 4.63. The zero-order chi connectivity index (χ0) is 23.3. The van der Waals surface area contributed by atoms with Crippen molar-refractivity contribution < 1.29 is 0 Å². The zero-order valence-corrected chi connectivity index (χ0v) is 19.4. The Morgan fingerprint density at radius 1 is 0.686 bits per heavy atom. The van der Waals surface area contributed by atoms with Gasteiger partial charge in [-0.2, -0.15) is 0 Å². The fraction of sp³-hybridized carbons (Fsp3) is 0.0303. The molecule has 3 heterocycles. The molecule has 1 aliphatic heterocycles. The molecule has 2 bridgehead atoms. The molecule has 35 heavy (non-hydrogen) atoms. The fourth-order valence-electron chi connectivity index (χ4n) is 6.26. The van der Waals surface area contributed by atoms with Crippen molar-refractivity contribution in [3.05, 3.63) is 107 Å². The van der Waals surface area contributed by atoms with Gasteiger partial charge in [-0.05, 0) is 39.7 Å². The largest absolute Gasteiger partial charge is 0.342 e. The normalized spacial score (nSPS) is 12.9. The number of rotatable bonds is 0. The fourth-order valence-corrected chi connectivity index (χ4v) is 6.26. The van der Waals surface area contributed by atoms with Gasteiger partial charge in [0.2, 0.25) is 0 Å². The van der Waals surface area contributed by atoms with Crippen LogP contribution in [0.2, 0.25) is 0 Å². The quantitative estimate of drug-likeness (QED) is 0.242. The molecule has 0 aliphatic carbocycles. The Morgan fingerprint density at radius 2 is 1.37 bits per heavy atom. The molecule has 0 atom stereocenters. The van der Waals surface area contributed by atoms with Crippen LogP contribution in [0.25, 0.3) is 78.7 Å². The van der Waals surface area contributed by atoms with E-state index in [0.717, 1.165) is 5.35 Å². The third kappa shape index (κ3) is 2.29. The van der Waals surface area contributed by atoms with Crippen molar-refractivity contribution in [1.29, 1.82) is 0 Å². The molecule has 5 aromatic carbocycles. The number of nitrogens with zero attached hydrogens (tertiary/aromatic N) is 2. The number of para-hydroxylation sites is 1. The molecular formula is C33H22N2. The van der Waals surface area contributed by atoms with Gasteiger partial charge in [-0.3, -0.25) is 0 Å². The third-order valence-electron chi connectivity index (χ3n) is 7.80. The standard InChI is InChI=1S/C33H22N2/c1-20-23-15-9-16-26-24-12-5-6-13-25(24)31-27-14-7-8-17-29(27)34(2)33(31)32(26)35(20)30-19-22-11-4-3-10-21(22)18-28(23)30/h3-19H,1H2,2H3. The van der Waals surface area contributed by atoms with Gasteiger partial charge in [-0.25, -0.2) is 0 Å². The van der Waals surface area contributed by atoms with E-state index in [2.05, 4.69) is 126 Å². The molecule has 2 aromatic heterocycles. The molecule has 0 saturated carbocycles. The van der Waals surface area contributed by atoms with Gasteiger partial charge in [0, 0.05) is 44.9 Å². The first-order valence-corrected chi connectivity index (χ1v) is 12.0. The number of allylic oxidation sites excluding steroid dienone is 1. The number of fused-ring (bicyclic) bond motifs is 15. The Bertz CT molecular complexity index is 2180. The predicted molar refractivity (Wildman–Crippen MR) is 151 cm³/mol. The van der Waals surface area contributed by atoms with Crippen molar-refractivity contribution in [3.8, 4) is 5.69 Å². The SMILES string of the molecule is C=c1c2c3cc4ccccc4cc3n1-c1c(c3ccccc3c3c4ccccc4n(C)c13)C=CC=2. The molecule has 8 rings (SSSR count). The summed E-state index contributed by atoms with van der Waals surface area (Å²) < 4.78 is 4.77. The van der Waals surface area contributed by atoms with Crippen molar-refractivity contribution in [1.82, 2.24) is 9.13 Å². The molecule has 1 aliphatic rings. The van der Waals surface area contributed by atoms with Crippen molar-refractivity contribution in [2.24, 2.45) is 7.05 Å². The van der Waals surface area contributed by atoms with Crippen LogP contribution in [-0.4, -0.2) is 9.13 Å². The van der Waals surface area contributed by atoms with E-state index in [0.29, 0.717) is 0 Å². The molecule has 2 heteroatoms. The number of benzene rings is 5. The average Bonchev–Trinajstić information content (AvgIpc) is 3.35. The first kappa shape index (κ1) is 18.8. The summed E-state index contributed by atoms with van der Waals surface area (Å²) in [7, 11) is 2.19. The van der Waals surface area contributed by atoms with Crippen LogP contribution in [0.1, 0.15) is 5.56 Å². The molecule has 0 N–H and O–H groups in total. The van der Waals surface area contributed by atoms with Crippen LogP contribution >= 0.6 is 0 Å². The molecule has 0 amide bonds. The van der Waals surface area contributed by atoms with Crippen LogP contribution in [0.3, 0.4) is 0 Å². The van der Waals surface area contributed by atoms with E-state index in [1.165, 1.54) is 70.7 Å². The van der Waals surface area contributed by atoms with Crippen LogP contribution in [-0.2, 0) is 7.05 Å². The first-order chi connectivity index (χ1) is 17.2. The summed E-state index contributed by atoms with van der Waals surface area (Å²) >= 11 is 0. The van der Waals surface area contributed by atoms with Gasteiger partial charge in [0.05, 0.1) is 16.7 Å². The van der Waals surface area contributed by atoms with Gasteiger partial charge in [0.15, 0.2) is 0 Å². The van der Waals surface area contributed by atoms with E-state index in [9.17, 15) is 0 Å². The lowest BCUT2D eigenvalue weighted by molar-refractivity contribution is 0.990. The second-order valence-corrected chi connectivity index (χ2v) is 9.55. The van der Waals surface area contributed by atoms with Gasteiger partial charge in [0.25, 0.3) is 0 Å². The number of hydrogen-bond donors (Lipinski definition) is 0. The number of aryl methyl sites for hydroxylation is 1. The smallest absolute Gasteiger partial charge is 0.0784 e. The lowest BCUT2D eigenvalue weighted by Crippen LogP contribution is -2.27. The third-order valence-corrected chi connectivity index (χ3v) is 7.80. The monoisotopic (exact) mass is 446 g/mol. The Morgan fingerprint density at radius 3 is 2.20 bits per heavy atom. The molecule has 0 saturated heterocycles. The summed E-state index contributed by atoms with van der Waals surface area (Å²) in [5, 5.41) is 11.1. The molecule has 0 spiro atoms. The van der Waals surface area contributed by atoms with E-state index in [1.807, 2.05) is 0 Å². The van der Waals surface area contributed by atoms with Crippen molar-refractivity contribution >= 4 is 73.0 Å². The summed E-state index contributed by atoms with van der Waals surface area (Å²) in [5.41, 5.74) is 6.13. The first-order valence-electron chi connectivity index (χ1n) is 12.0. The van der Waals surface area contributed by atoms with Crippen molar-refractivity contribution in [2.75, 3.05) is 0 Å². The van der Waals surface area contributed by atoms with E-state index < -0.39 is 0 Å². The molecule has 0 fully saturated rings. The van der Waals surface area contributed by atoms with E-state index in [4.69, 9.17) is 0 Å². The highest BCUT2D eigenvalue weighted by atomic mass is 15.0. The molecule has 7 aromatic rings. The summed E-state index contributed by atoms with van der Waals surface area (Å²) in [6, 6.07) is 30.8. The molecular weight excluding hydrogens is 424 g/mol. The summed E-state index contributed by atoms with van der Waals surface area (Å²) in [6.45, 7) is 4.63. The summed E-state index contributed by atoms with van der Waals surface area (Å²) in [6.07, 6.45) is 6.70. The highest BCUT2D eigenvalue weighted by Gasteiger charge is 2.23. The minimum atomic E-state index is 1.03. The molecule has 164 valence electrons. The topological polar surface area (TPSA) is 9.86 Å². The molecule has 0 unspecified atom stereocenters. The van der Waals surface area contributed by atoms with Gasteiger partial charge in [0.1, 0.15) is 0 Å². The van der Waals surface area contributed by atoms with E-state index in [-0.39, 0.29) is 0 Å². The number of hydrogen-bond acceptors (Lipinski definition) is 0. The van der Waals surface area contributed by atoms with Crippen LogP contribution < -0.4 is 10.6 Å². The van der Waals surface area contributed by atoms with Gasteiger partial charge in [-0.1, -0.05) is 91.5 Å². The minimum absolute atomic E-state index is 1.03. The van der Waals surface area contributed by atoms with Crippen LogP contribution in [0.5, 0.6) is 0 Å². The Hall–Kier alpha value is -4.56. The zero-order valence-electron chi connectivity index (χ0n) is 19.4. The summed E-state index contributed by atoms with van der Waals surface area (Å²) in [5.74, 6) is 0. The van der Waals surface area contributed by atoms with Crippen LogP contribution in [0.15, 0.2) is 91.0 Å². The average molecular weight is 447 g/mol. The summed E-state index contributed by atoms with van der Waals surface area (Å²) in [4.78, 5) is 0. The Balaban J connectivity index is 1.72. The van der Waals surface area contributed by atoms with Crippen LogP contribution in [0, 0.1) is 0 Å². The lowest BCUT2D eigenvalue weighted by Gasteiger charge is -2.18. The van der Waals surface area contributed by atoms with Gasteiger partial charge < -0.3 is 9.13 Å². The lowest BCUT2D eigenvalue weighted by atomic mass is 9.96. The van der Waals surface area contributed by atoms with E-state index >= 15 is 0 Å². The molecule has 0 radical (unpaired) electrons. The van der Waals surface area contributed by atoms with Gasteiger partial charge in [-0.15, -0.1) is 0 Å². The van der Waals surface area contributed by atoms with Gasteiger partial charge >= 0.3 is 0 Å². The van der Waals surface area contributed by atoms with E-state index in [1.54, 1.807) is 0 Å². The highest BCUT2D eigenvalue weighted by Crippen LogP contribution is 2.42. The minimum Gasteiger partial charge on any atom is -0.342 e. The Kier molecular flexibility index (Phi) is 3.51. The molecule has 2 nitrogen and oxygen atoms in total. The maximum atomic E-state index is 4.63. The van der Waals surface area contributed by atoms with Crippen molar-refractivity contribution in [2.45, 2.75) is 0 Å². The second-order valence-electron chi connectivity index (χ2n) is 9.55. The number of aromatic nitrogens is 2. The highest BCUT2D eigenvalue weighted by molar-refractivity contribution is 6.25.